The average Bonchev–Trinajstić information content (AvgIpc) is 2.98. The average molecular weight is 460 g/mol. The lowest BCUT2D eigenvalue weighted by Gasteiger charge is -2.61. The van der Waals surface area contributed by atoms with E-state index in [1.807, 2.05) is 11.7 Å². The minimum atomic E-state index is 0. The van der Waals surface area contributed by atoms with Crippen molar-refractivity contribution in [3.8, 4) is 0 Å². The van der Waals surface area contributed by atoms with Gasteiger partial charge in [-0.1, -0.05) is 6.42 Å². The van der Waals surface area contributed by atoms with E-state index >= 15 is 0 Å². The molecule has 4 rings (SSSR count). The lowest BCUT2D eigenvalue weighted by atomic mass is 9.51. The molecule has 0 aromatic carbocycles. The van der Waals surface area contributed by atoms with Crippen LogP contribution in [0.25, 0.3) is 0 Å². The molecule has 2 saturated carbocycles. The quantitative estimate of drug-likeness (QED) is 0.407. The first-order valence-electron chi connectivity index (χ1n) is 9.23. The SMILES string of the molecule is CCOC1CC(NC(=NC)NC2CCc3ncnn3C2)C12CCC2.I. The molecule has 140 valence electrons. The van der Waals surface area contributed by atoms with Crippen molar-refractivity contribution in [3.63, 3.8) is 0 Å². The monoisotopic (exact) mass is 460 g/mol. The molecule has 1 aliphatic heterocycles. The van der Waals surface area contributed by atoms with Gasteiger partial charge in [-0.2, -0.15) is 5.10 Å². The maximum absolute atomic E-state index is 5.94. The number of aryl methyl sites for hydroxylation is 1. The molecule has 3 unspecified atom stereocenters. The van der Waals surface area contributed by atoms with Crippen molar-refractivity contribution in [2.45, 2.75) is 70.2 Å². The minimum Gasteiger partial charge on any atom is -0.378 e. The van der Waals surface area contributed by atoms with Crippen LogP contribution in [0.3, 0.4) is 0 Å². The van der Waals surface area contributed by atoms with Crippen LogP contribution in [0.5, 0.6) is 0 Å². The molecule has 2 heterocycles. The summed E-state index contributed by atoms with van der Waals surface area (Å²) in [7, 11) is 1.85. The van der Waals surface area contributed by atoms with E-state index < -0.39 is 0 Å². The third-order valence-electron chi connectivity index (χ3n) is 6.12. The Kier molecular flexibility index (Phi) is 5.87. The van der Waals surface area contributed by atoms with E-state index in [0.717, 1.165) is 44.2 Å². The number of nitrogens with one attached hydrogen (secondary N) is 2. The molecule has 0 radical (unpaired) electrons. The van der Waals surface area contributed by atoms with E-state index in [0.29, 0.717) is 23.6 Å². The molecule has 2 N–H and O–H groups in total. The first-order chi connectivity index (χ1) is 11.7. The number of halogens is 1. The van der Waals surface area contributed by atoms with Gasteiger partial charge in [-0.25, -0.2) is 9.67 Å². The molecule has 7 nitrogen and oxygen atoms in total. The van der Waals surface area contributed by atoms with Crippen molar-refractivity contribution >= 4 is 29.9 Å². The number of aliphatic imine (C=N–C) groups is 1. The molecule has 0 amide bonds. The van der Waals surface area contributed by atoms with Gasteiger partial charge in [0, 0.05) is 37.6 Å². The molecule has 2 fully saturated rings. The summed E-state index contributed by atoms with van der Waals surface area (Å²) in [6.45, 7) is 3.76. The number of fused-ring (bicyclic) bond motifs is 1. The zero-order chi connectivity index (χ0) is 16.6. The van der Waals surface area contributed by atoms with E-state index in [1.165, 1.54) is 19.3 Å². The van der Waals surface area contributed by atoms with Gasteiger partial charge >= 0.3 is 0 Å². The summed E-state index contributed by atoms with van der Waals surface area (Å²) in [4.78, 5) is 8.74. The predicted octanol–water partition coefficient (Wildman–Crippen LogP) is 1.72. The second kappa shape index (κ2) is 7.77. The molecule has 8 heteroatoms. The van der Waals surface area contributed by atoms with E-state index in [1.54, 1.807) is 6.33 Å². The fraction of sp³-hybridized carbons (Fsp3) is 0.824. The first kappa shape index (κ1) is 18.9. The topological polar surface area (TPSA) is 76.4 Å². The maximum Gasteiger partial charge on any atom is 0.191 e. The van der Waals surface area contributed by atoms with Crippen molar-refractivity contribution in [1.29, 1.82) is 0 Å². The third-order valence-corrected chi connectivity index (χ3v) is 6.12. The van der Waals surface area contributed by atoms with Crippen LogP contribution in [0, 0.1) is 5.41 Å². The van der Waals surface area contributed by atoms with Crippen LogP contribution in [0.2, 0.25) is 0 Å². The van der Waals surface area contributed by atoms with Gasteiger partial charge in [0.2, 0.25) is 0 Å². The van der Waals surface area contributed by atoms with Gasteiger partial charge in [-0.3, -0.25) is 4.99 Å². The molecule has 0 saturated heterocycles. The third kappa shape index (κ3) is 3.39. The summed E-state index contributed by atoms with van der Waals surface area (Å²) >= 11 is 0. The highest BCUT2D eigenvalue weighted by Gasteiger charge is 2.59. The maximum atomic E-state index is 5.94. The number of hydrogen-bond donors (Lipinski definition) is 2. The predicted molar refractivity (Wildman–Crippen MR) is 107 cm³/mol. The highest BCUT2D eigenvalue weighted by Crippen LogP contribution is 2.57. The van der Waals surface area contributed by atoms with Crippen molar-refractivity contribution in [1.82, 2.24) is 25.4 Å². The van der Waals surface area contributed by atoms with Crippen LogP contribution < -0.4 is 10.6 Å². The Morgan fingerprint density at radius 1 is 1.44 bits per heavy atom. The number of nitrogens with zero attached hydrogens (tertiary/aromatic N) is 4. The summed E-state index contributed by atoms with van der Waals surface area (Å²) < 4.78 is 7.94. The Bertz CT molecular complexity index is 614. The van der Waals surface area contributed by atoms with Gasteiger partial charge in [0.15, 0.2) is 5.96 Å². The summed E-state index contributed by atoms with van der Waals surface area (Å²) in [5, 5.41) is 11.5. The van der Waals surface area contributed by atoms with E-state index in [-0.39, 0.29) is 24.0 Å². The molecule has 1 aromatic rings. The summed E-state index contributed by atoms with van der Waals surface area (Å²) in [5.74, 6) is 2.00. The van der Waals surface area contributed by atoms with Crippen LogP contribution in [0.15, 0.2) is 11.3 Å². The van der Waals surface area contributed by atoms with Crippen molar-refractivity contribution in [2.75, 3.05) is 13.7 Å². The number of rotatable bonds is 4. The van der Waals surface area contributed by atoms with Gasteiger partial charge in [-0.15, -0.1) is 24.0 Å². The van der Waals surface area contributed by atoms with Crippen molar-refractivity contribution in [3.05, 3.63) is 12.2 Å². The van der Waals surface area contributed by atoms with Crippen LogP contribution in [0.1, 0.15) is 44.9 Å². The zero-order valence-electron chi connectivity index (χ0n) is 15.1. The summed E-state index contributed by atoms with van der Waals surface area (Å²) in [5.41, 5.74) is 0.346. The fourth-order valence-electron chi connectivity index (χ4n) is 4.53. The molecular weight excluding hydrogens is 431 g/mol. The second-order valence-electron chi connectivity index (χ2n) is 7.27. The minimum absolute atomic E-state index is 0. The summed E-state index contributed by atoms with van der Waals surface area (Å²) in [6, 6.07) is 0.838. The molecule has 3 aliphatic rings. The largest absolute Gasteiger partial charge is 0.378 e. The van der Waals surface area contributed by atoms with E-state index in [2.05, 4.69) is 32.6 Å². The van der Waals surface area contributed by atoms with Crippen LogP contribution in [-0.2, 0) is 17.7 Å². The Labute approximate surface area is 166 Å². The highest BCUT2D eigenvalue weighted by atomic mass is 127. The Morgan fingerprint density at radius 3 is 2.96 bits per heavy atom. The molecule has 1 spiro atoms. The number of aromatic nitrogens is 3. The number of hydrogen-bond acceptors (Lipinski definition) is 4. The van der Waals surface area contributed by atoms with Crippen LogP contribution in [0.4, 0.5) is 0 Å². The molecule has 1 aromatic heterocycles. The second-order valence-corrected chi connectivity index (χ2v) is 7.27. The Hall–Kier alpha value is -0.900. The normalized spacial score (nSPS) is 29.8. The fourth-order valence-corrected chi connectivity index (χ4v) is 4.53. The Balaban J connectivity index is 0.00000182. The number of ether oxygens (including phenoxy) is 1. The van der Waals surface area contributed by atoms with Gasteiger partial charge in [0.05, 0.1) is 12.6 Å². The standard InChI is InChI=1S/C17H28N6O.HI/c1-3-24-14-9-13(17(14)7-4-8-17)22-16(18-2)21-12-5-6-15-19-11-20-23(15)10-12;/h11-14H,3-10H2,1-2H3,(H2,18,21,22);1H. The van der Waals surface area contributed by atoms with E-state index in [4.69, 9.17) is 4.74 Å². The van der Waals surface area contributed by atoms with Gasteiger partial charge < -0.3 is 15.4 Å². The van der Waals surface area contributed by atoms with Crippen molar-refractivity contribution in [2.24, 2.45) is 10.4 Å². The molecule has 3 atom stereocenters. The van der Waals surface area contributed by atoms with Gasteiger partial charge in [0.1, 0.15) is 12.2 Å². The van der Waals surface area contributed by atoms with Crippen LogP contribution in [-0.4, -0.2) is 52.6 Å². The smallest absolute Gasteiger partial charge is 0.191 e. The lowest BCUT2D eigenvalue weighted by molar-refractivity contribution is -0.168. The molecule has 2 aliphatic carbocycles. The molecule has 25 heavy (non-hydrogen) atoms. The molecule has 0 bridgehead atoms. The van der Waals surface area contributed by atoms with E-state index in [9.17, 15) is 0 Å². The van der Waals surface area contributed by atoms with Crippen LogP contribution >= 0.6 is 24.0 Å². The number of guanidine groups is 1. The lowest BCUT2D eigenvalue weighted by Crippen LogP contribution is -2.69. The van der Waals surface area contributed by atoms with Gasteiger partial charge in [-0.05, 0) is 32.6 Å². The molecular formula is C17H29IN6O. The first-order valence-corrected chi connectivity index (χ1v) is 9.23. The van der Waals surface area contributed by atoms with Crippen molar-refractivity contribution < 1.29 is 4.74 Å². The summed E-state index contributed by atoms with van der Waals surface area (Å²) in [6.07, 6.45) is 9.08. The van der Waals surface area contributed by atoms with Gasteiger partial charge in [0.25, 0.3) is 0 Å². The zero-order valence-corrected chi connectivity index (χ0v) is 17.4. The highest BCUT2D eigenvalue weighted by molar-refractivity contribution is 14.0. The Morgan fingerprint density at radius 2 is 2.28 bits per heavy atom.